The number of carbonyl (C=O) groups is 1. The van der Waals surface area contributed by atoms with Gasteiger partial charge in [0.05, 0.1) is 23.2 Å². The Morgan fingerprint density at radius 2 is 1.97 bits per heavy atom. The number of hydrogen-bond acceptors (Lipinski definition) is 6. The first kappa shape index (κ1) is 21.4. The molecule has 0 unspecified atom stereocenters. The number of nitrogens with zero attached hydrogens (tertiary/aromatic N) is 3. The lowest BCUT2D eigenvalue weighted by Gasteiger charge is -2.25. The van der Waals surface area contributed by atoms with Gasteiger partial charge in [0.25, 0.3) is 0 Å². The van der Waals surface area contributed by atoms with Crippen LogP contribution in [0.15, 0.2) is 45.5 Å². The van der Waals surface area contributed by atoms with E-state index >= 15 is 0 Å². The SMILES string of the molecule is CCN(CC)c1ccc(C(F)(F)F)cc1NC(=O)CCc1nc(-c2ccco2)no1. The monoisotopic (exact) mass is 422 g/mol. The van der Waals surface area contributed by atoms with Crippen LogP contribution in [0.2, 0.25) is 0 Å². The van der Waals surface area contributed by atoms with Gasteiger partial charge in [0.15, 0.2) is 5.76 Å². The molecule has 30 heavy (non-hydrogen) atoms. The standard InChI is InChI=1S/C20H21F3N4O3/c1-3-27(4-2)15-8-7-13(20(21,22)23)12-14(15)24-17(28)9-10-18-25-19(26-30-18)16-6-5-11-29-16/h5-8,11-12H,3-4,9-10H2,1-2H3,(H,24,28). The molecule has 0 aliphatic heterocycles. The molecule has 7 nitrogen and oxygen atoms in total. The molecule has 10 heteroatoms. The average Bonchev–Trinajstić information content (AvgIpc) is 3.39. The third-order valence-electron chi connectivity index (χ3n) is 4.48. The van der Waals surface area contributed by atoms with Crippen LogP contribution in [-0.2, 0) is 17.4 Å². The smallest absolute Gasteiger partial charge is 0.416 e. The van der Waals surface area contributed by atoms with E-state index in [0.29, 0.717) is 24.5 Å². The van der Waals surface area contributed by atoms with Crippen LogP contribution in [0.25, 0.3) is 11.6 Å². The van der Waals surface area contributed by atoms with E-state index in [2.05, 4.69) is 15.5 Å². The van der Waals surface area contributed by atoms with Crippen molar-refractivity contribution in [2.75, 3.05) is 23.3 Å². The van der Waals surface area contributed by atoms with E-state index in [1.807, 2.05) is 18.7 Å². The van der Waals surface area contributed by atoms with Crippen LogP contribution in [0.3, 0.4) is 0 Å². The molecule has 3 rings (SSSR count). The van der Waals surface area contributed by atoms with Crippen LogP contribution in [0, 0.1) is 0 Å². The number of anilines is 2. The molecule has 0 radical (unpaired) electrons. The Morgan fingerprint density at radius 3 is 2.60 bits per heavy atom. The number of nitrogens with one attached hydrogen (secondary N) is 1. The first-order chi connectivity index (χ1) is 14.3. The third-order valence-corrected chi connectivity index (χ3v) is 4.48. The van der Waals surface area contributed by atoms with E-state index in [1.165, 1.54) is 12.3 Å². The molecule has 0 saturated heterocycles. The van der Waals surface area contributed by atoms with E-state index in [1.54, 1.807) is 12.1 Å². The summed E-state index contributed by atoms with van der Waals surface area (Å²) < 4.78 is 49.6. The van der Waals surface area contributed by atoms with Crippen LogP contribution < -0.4 is 10.2 Å². The van der Waals surface area contributed by atoms with Crippen molar-refractivity contribution in [1.82, 2.24) is 10.1 Å². The molecule has 1 amide bonds. The second-order valence-corrected chi connectivity index (χ2v) is 6.44. The van der Waals surface area contributed by atoms with E-state index in [0.717, 1.165) is 12.1 Å². The molecule has 0 fully saturated rings. The summed E-state index contributed by atoms with van der Waals surface area (Å²) in [6, 6.07) is 6.69. The van der Waals surface area contributed by atoms with Gasteiger partial charge in [-0.2, -0.15) is 18.2 Å². The summed E-state index contributed by atoms with van der Waals surface area (Å²) in [6.07, 6.45) is -2.93. The maximum atomic E-state index is 13.1. The van der Waals surface area contributed by atoms with E-state index in [-0.39, 0.29) is 30.2 Å². The highest BCUT2D eigenvalue weighted by Crippen LogP contribution is 2.35. The lowest BCUT2D eigenvalue weighted by atomic mass is 10.1. The first-order valence-corrected chi connectivity index (χ1v) is 9.44. The first-order valence-electron chi connectivity index (χ1n) is 9.44. The van der Waals surface area contributed by atoms with Gasteiger partial charge in [-0.15, -0.1) is 0 Å². The summed E-state index contributed by atoms with van der Waals surface area (Å²) in [6.45, 7) is 4.95. The quantitative estimate of drug-likeness (QED) is 0.563. The van der Waals surface area contributed by atoms with Crippen LogP contribution in [0.1, 0.15) is 31.7 Å². The number of aromatic nitrogens is 2. The molecule has 2 heterocycles. The predicted octanol–water partition coefficient (Wildman–Crippen LogP) is 4.77. The lowest BCUT2D eigenvalue weighted by molar-refractivity contribution is -0.137. The van der Waals surface area contributed by atoms with Gasteiger partial charge in [-0.25, -0.2) is 0 Å². The zero-order valence-corrected chi connectivity index (χ0v) is 16.5. The van der Waals surface area contributed by atoms with E-state index in [9.17, 15) is 18.0 Å². The van der Waals surface area contributed by atoms with Gasteiger partial charge in [-0.1, -0.05) is 5.16 Å². The fourth-order valence-corrected chi connectivity index (χ4v) is 2.95. The molecule has 0 aliphatic carbocycles. The highest BCUT2D eigenvalue weighted by atomic mass is 19.4. The highest BCUT2D eigenvalue weighted by Gasteiger charge is 2.31. The highest BCUT2D eigenvalue weighted by molar-refractivity contribution is 5.94. The lowest BCUT2D eigenvalue weighted by Crippen LogP contribution is -2.24. The van der Waals surface area contributed by atoms with Crippen molar-refractivity contribution in [2.45, 2.75) is 32.9 Å². The maximum absolute atomic E-state index is 13.1. The molecular weight excluding hydrogens is 401 g/mol. The minimum Gasteiger partial charge on any atom is -0.461 e. The number of alkyl halides is 3. The minimum absolute atomic E-state index is 0.0340. The van der Waals surface area contributed by atoms with E-state index in [4.69, 9.17) is 8.94 Å². The Morgan fingerprint density at radius 1 is 1.20 bits per heavy atom. The Hall–Kier alpha value is -3.30. The minimum atomic E-state index is -4.51. The molecule has 0 saturated carbocycles. The van der Waals surface area contributed by atoms with E-state index < -0.39 is 17.6 Å². The molecule has 0 atom stereocenters. The van der Waals surface area contributed by atoms with Crippen LogP contribution in [0.4, 0.5) is 24.5 Å². The van der Waals surface area contributed by atoms with Gasteiger partial charge in [0.1, 0.15) is 0 Å². The Balaban J connectivity index is 1.71. The number of carbonyl (C=O) groups excluding carboxylic acids is 1. The Labute approximate surface area is 170 Å². The van der Waals surface area contributed by atoms with Crippen LogP contribution in [-0.4, -0.2) is 29.1 Å². The molecule has 3 aromatic rings. The second kappa shape index (κ2) is 9.02. The van der Waals surface area contributed by atoms with Crippen molar-refractivity contribution in [3.63, 3.8) is 0 Å². The molecule has 1 N–H and O–H groups in total. The summed E-state index contributed by atoms with van der Waals surface area (Å²) in [5, 5.41) is 6.36. The molecule has 1 aromatic carbocycles. The number of amides is 1. The average molecular weight is 422 g/mol. The van der Waals surface area contributed by atoms with Gasteiger partial charge >= 0.3 is 6.18 Å². The normalized spacial score (nSPS) is 11.5. The van der Waals surface area contributed by atoms with Crippen molar-refractivity contribution in [1.29, 1.82) is 0 Å². The fourth-order valence-electron chi connectivity index (χ4n) is 2.95. The van der Waals surface area contributed by atoms with Crippen molar-refractivity contribution < 1.29 is 26.9 Å². The van der Waals surface area contributed by atoms with Gasteiger partial charge < -0.3 is 19.2 Å². The van der Waals surface area contributed by atoms with Crippen LogP contribution >= 0.6 is 0 Å². The Bertz CT molecular complexity index is 980. The van der Waals surface area contributed by atoms with Crippen molar-refractivity contribution >= 4 is 17.3 Å². The van der Waals surface area contributed by atoms with Crippen molar-refractivity contribution in [3.8, 4) is 11.6 Å². The van der Waals surface area contributed by atoms with Crippen molar-refractivity contribution in [2.24, 2.45) is 0 Å². The molecule has 2 aromatic heterocycles. The Kier molecular flexibility index (Phi) is 6.43. The molecule has 0 aliphatic rings. The maximum Gasteiger partial charge on any atom is 0.416 e. The third kappa shape index (κ3) is 5.00. The largest absolute Gasteiger partial charge is 0.461 e. The predicted molar refractivity (Wildman–Crippen MR) is 104 cm³/mol. The van der Waals surface area contributed by atoms with Gasteiger partial charge in [0, 0.05) is 25.9 Å². The number of rotatable bonds is 8. The van der Waals surface area contributed by atoms with Gasteiger partial charge in [0.2, 0.25) is 17.6 Å². The topological polar surface area (TPSA) is 84.4 Å². The summed E-state index contributed by atoms with van der Waals surface area (Å²) >= 11 is 0. The zero-order chi connectivity index (χ0) is 21.7. The van der Waals surface area contributed by atoms with Gasteiger partial charge in [-0.3, -0.25) is 4.79 Å². The molecule has 0 spiro atoms. The molecular formula is C20H21F3N4O3. The number of halogens is 3. The molecule has 0 bridgehead atoms. The number of aryl methyl sites for hydroxylation is 1. The number of benzene rings is 1. The number of hydrogen-bond donors (Lipinski definition) is 1. The summed E-state index contributed by atoms with van der Waals surface area (Å²) in [5.41, 5.74) is -0.187. The summed E-state index contributed by atoms with van der Waals surface area (Å²) in [4.78, 5) is 18.4. The second-order valence-electron chi connectivity index (χ2n) is 6.44. The molecule has 160 valence electrons. The van der Waals surface area contributed by atoms with Crippen LogP contribution in [0.5, 0.6) is 0 Å². The van der Waals surface area contributed by atoms with Gasteiger partial charge in [-0.05, 0) is 44.2 Å². The fraction of sp³-hybridized carbons (Fsp3) is 0.350. The summed E-state index contributed by atoms with van der Waals surface area (Å²) in [5.74, 6) is 0.462. The van der Waals surface area contributed by atoms with Crippen molar-refractivity contribution in [3.05, 3.63) is 48.0 Å². The number of furan rings is 1. The zero-order valence-electron chi connectivity index (χ0n) is 16.5. The summed E-state index contributed by atoms with van der Waals surface area (Å²) in [7, 11) is 0.